The minimum atomic E-state index is -0.262. The molecule has 2 aromatic heterocycles. The number of benzene rings is 1. The molecule has 3 rings (SSSR count). The number of rotatable bonds is 6. The molecule has 0 radical (unpaired) electrons. The summed E-state index contributed by atoms with van der Waals surface area (Å²) in [6.07, 6.45) is 4.98. The van der Waals surface area contributed by atoms with Gasteiger partial charge < -0.3 is 15.4 Å². The fourth-order valence-corrected chi connectivity index (χ4v) is 2.65. The maximum absolute atomic E-state index is 12.4. The number of methoxy groups -OCH3 is 1. The van der Waals surface area contributed by atoms with Gasteiger partial charge in [-0.2, -0.15) is 0 Å². The largest absolute Gasteiger partial charge is 0.495 e. The van der Waals surface area contributed by atoms with E-state index in [-0.39, 0.29) is 5.91 Å². The van der Waals surface area contributed by atoms with Gasteiger partial charge in [0.2, 0.25) is 0 Å². The lowest BCUT2D eigenvalue weighted by Crippen LogP contribution is -2.23. The predicted molar refractivity (Wildman–Crippen MR) is 106 cm³/mol. The van der Waals surface area contributed by atoms with Gasteiger partial charge in [0.05, 0.1) is 12.8 Å². The van der Waals surface area contributed by atoms with Crippen LogP contribution in [0.1, 0.15) is 21.6 Å². The van der Waals surface area contributed by atoms with Gasteiger partial charge in [0, 0.05) is 41.9 Å². The van der Waals surface area contributed by atoms with Gasteiger partial charge in [-0.3, -0.25) is 14.8 Å². The van der Waals surface area contributed by atoms with Crippen molar-refractivity contribution in [2.75, 3.05) is 12.4 Å². The van der Waals surface area contributed by atoms with Crippen molar-refractivity contribution in [3.05, 3.63) is 76.8 Å². The third kappa shape index (κ3) is 4.74. The molecule has 0 aliphatic rings. The van der Waals surface area contributed by atoms with E-state index in [1.165, 1.54) is 0 Å². The number of carbonyl (C=O) groups excluding carboxylic acids is 1. The molecule has 0 aliphatic carbocycles. The summed E-state index contributed by atoms with van der Waals surface area (Å²) in [7, 11) is 1.58. The Labute approximate surface area is 162 Å². The zero-order valence-corrected chi connectivity index (χ0v) is 15.7. The van der Waals surface area contributed by atoms with Gasteiger partial charge in [-0.1, -0.05) is 17.7 Å². The van der Waals surface area contributed by atoms with E-state index in [9.17, 15) is 4.79 Å². The Balaban J connectivity index is 1.74. The Morgan fingerprint density at radius 1 is 1.22 bits per heavy atom. The van der Waals surface area contributed by atoms with Crippen molar-refractivity contribution >= 4 is 28.9 Å². The van der Waals surface area contributed by atoms with Gasteiger partial charge in [0.15, 0.2) is 0 Å². The molecular formula is C20H19ClN4O2. The van der Waals surface area contributed by atoms with Crippen molar-refractivity contribution in [2.45, 2.75) is 13.5 Å². The van der Waals surface area contributed by atoms with Crippen LogP contribution in [0, 0.1) is 6.92 Å². The number of pyridine rings is 2. The summed E-state index contributed by atoms with van der Waals surface area (Å²) in [6, 6.07) is 10.8. The highest BCUT2D eigenvalue weighted by atomic mass is 35.5. The number of ether oxygens (including phenoxy) is 1. The van der Waals surface area contributed by atoms with Crippen molar-refractivity contribution in [1.29, 1.82) is 0 Å². The first-order valence-corrected chi connectivity index (χ1v) is 8.69. The van der Waals surface area contributed by atoms with E-state index >= 15 is 0 Å². The molecule has 0 saturated heterocycles. The SMILES string of the molecule is COc1cc(Cl)c(C)cc1Nc1ccnc(C(=O)NCc2cccnc2)c1. The lowest BCUT2D eigenvalue weighted by atomic mass is 10.2. The number of halogens is 1. The number of hydrogen-bond acceptors (Lipinski definition) is 5. The fourth-order valence-electron chi connectivity index (χ4n) is 2.49. The van der Waals surface area contributed by atoms with Crippen LogP contribution in [0.5, 0.6) is 5.75 Å². The molecule has 138 valence electrons. The number of amides is 1. The first kappa shape index (κ1) is 18.7. The smallest absolute Gasteiger partial charge is 0.270 e. The van der Waals surface area contributed by atoms with Gasteiger partial charge in [-0.05, 0) is 42.3 Å². The van der Waals surface area contributed by atoms with Gasteiger partial charge in [-0.15, -0.1) is 0 Å². The molecule has 0 saturated carbocycles. The molecule has 0 bridgehead atoms. The molecule has 1 aromatic carbocycles. The Morgan fingerprint density at radius 3 is 2.81 bits per heavy atom. The molecule has 1 amide bonds. The summed E-state index contributed by atoms with van der Waals surface area (Å²) in [4.78, 5) is 20.6. The van der Waals surface area contributed by atoms with E-state index in [0.717, 1.165) is 22.5 Å². The molecule has 0 fully saturated rings. The first-order valence-electron chi connectivity index (χ1n) is 8.31. The number of carbonyl (C=O) groups is 1. The molecule has 27 heavy (non-hydrogen) atoms. The molecule has 3 aromatic rings. The first-order chi connectivity index (χ1) is 13.1. The van der Waals surface area contributed by atoms with E-state index in [0.29, 0.717) is 23.0 Å². The van der Waals surface area contributed by atoms with Crippen LogP contribution >= 0.6 is 11.6 Å². The van der Waals surface area contributed by atoms with Crippen molar-refractivity contribution in [1.82, 2.24) is 15.3 Å². The molecule has 0 spiro atoms. The van der Waals surface area contributed by atoms with E-state index in [1.54, 1.807) is 43.9 Å². The number of nitrogens with zero attached hydrogens (tertiary/aromatic N) is 2. The summed E-state index contributed by atoms with van der Waals surface area (Å²) in [5.74, 6) is 0.353. The normalized spacial score (nSPS) is 10.3. The van der Waals surface area contributed by atoms with Crippen LogP contribution < -0.4 is 15.4 Å². The number of hydrogen-bond donors (Lipinski definition) is 2. The third-order valence-electron chi connectivity index (χ3n) is 3.93. The number of aromatic nitrogens is 2. The molecule has 7 heteroatoms. The highest BCUT2D eigenvalue weighted by molar-refractivity contribution is 6.31. The standard InChI is InChI=1S/C20H19ClN4O2/c1-13-8-17(19(27-2)10-16(13)21)25-15-5-7-23-18(9-15)20(26)24-12-14-4-3-6-22-11-14/h3-11H,12H2,1-2H3,(H,23,25)(H,24,26). The average Bonchev–Trinajstić information content (AvgIpc) is 2.69. The summed E-state index contributed by atoms with van der Waals surface area (Å²) in [5, 5.41) is 6.71. The van der Waals surface area contributed by atoms with Gasteiger partial charge in [0.1, 0.15) is 11.4 Å². The van der Waals surface area contributed by atoms with E-state index < -0.39 is 0 Å². The maximum Gasteiger partial charge on any atom is 0.270 e. The topological polar surface area (TPSA) is 76.1 Å². The highest BCUT2D eigenvalue weighted by Crippen LogP contribution is 2.33. The van der Waals surface area contributed by atoms with Crippen molar-refractivity contribution in [3.63, 3.8) is 0 Å². The Hall–Kier alpha value is -3.12. The fraction of sp³-hybridized carbons (Fsp3) is 0.150. The Morgan fingerprint density at radius 2 is 2.07 bits per heavy atom. The molecule has 0 aliphatic heterocycles. The van der Waals surface area contributed by atoms with Gasteiger partial charge >= 0.3 is 0 Å². The van der Waals surface area contributed by atoms with Crippen LogP contribution in [-0.4, -0.2) is 23.0 Å². The minimum absolute atomic E-state index is 0.262. The maximum atomic E-state index is 12.4. The highest BCUT2D eigenvalue weighted by Gasteiger charge is 2.11. The van der Waals surface area contributed by atoms with Crippen molar-refractivity contribution < 1.29 is 9.53 Å². The summed E-state index contributed by atoms with van der Waals surface area (Å²) < 4.78 is 5.37. The van der Waals surface area contributed by atoms with Crippen LogP contribution in [0.25, 0.3) is 0 Å². The van der Waals surface area contributed by atoms with E-state index in [1.807, 2.05) is 25.1 Å². The summed E-state index contributed by atoms with van der Waals surface area (Å²) >= 11 is 6.14. The van der Waals surface area contributed by atoms with E-state index in [4.69, 9.17) is 16.3 Å². The quantitative estimate of drug-likeness (QED) is 0.670. The Bertz CT molecular complexity index is 948. The van der Waals surface area contributed by atoms with Gasteiger partial charge in [0.25, 0.3) is 5.91 Å². The van der Waals surface area contributed by atoms with Crippen LogP contribution in [0.15, 0.2) is 55.0 Å². The molecular weight excluding hydrogens is 364 g/mol. The second-order valence-electron chi connectivity index (χ2n) is 5.90. The molecule has 6 nitrogen and oxygen atoms in total. The summed E-state index contributed by atoms with van der Waals surface area (Å²) in [5.41, 5.74) is 3.63. The van der Waals surface area contributed by atoms with E-state index in [2.05, 4.69) is 20.6 Å². The van der Waals surface area contributed by atoms with Crippen LogP contribution in [0.2, 0.25) is 5.02 Å². The molecule has 0 atom stereocenters. The summed E-state index contributed by atoms with van der Waals surface area (Å²) in [6.45, 7) is 2.30. The number of aryl methyl sites for hydroxylation is 1. The second kappa shape index (κ2) is 8.51. The minimum Gasteiger partial charge on any atom is -0.495 e. The molecule has 0 unspecified atom stereocenters. The molecule has 2 heterocycles. The third-order valence-corrected chi connectivity index (χ3v) is 4.34. The Kier molecular flexibility index (Phi) is 5.88. The second-order valence-corrected chi connectivity index (χ2v) is 6.31. The van der Waals surface area contributed by atoms with Crippen LogP contribution in [0.3, 0.4) is 0 Å². The zero-order valence-electron chi connectivity index (χ0n) is 15.0. The number of anilines is 2. The zero-order chi connectivity index (χ0) is 19.2. The van der Waals surface area contributed by atoms with Crippen LogP contribution in [-0.2, 0) is 6.54 Å². The molecule has 2 N–H and O–H groups in total. The monoisotopic (exact) mass is 382 g/mol. The van der Waals surface area contributed by atoms with Gasteiger partial charge in [-0.25, -0.2) is 0 Å². The van der Waals surface area contributed by atoms with Crippen molar-refractivity contribution in [3.8, 4) is 5.75 Å². The van der Waals surface area contributed by atoms with Crippen molar-refractivity contribution in [2.24, 2.45) is 0 Å². The predicted octanol–water partition coefficient (Wildman–Crippen LogP) is 4.12. The lowest BCUT2D eigenvalue weighted by Gasteiger charge is -2.13. The average molecular weight is 383 g/mol. The number of nitrogens with one attached hydrogen (secondary N) is 2. The van der Waals surface area contributed by atoms with Crippen LogP contribution in [0.4, 0.5) is 11.4 Å². The lowest BCUT2D eigenvalue weighted by molar-refractivity contribution is 0.0946.